The van der Waals surface area contributed by atoms with E-state index in [1.54, 1.807) is 0 Å². The number of benzene rings is 2. The van der Waals surface area contributed by atoms with Crippen molar-refractivity contribution in [2.45, 2.75) is 31.7 Å². The molecule has 1 heterocycles. The highest BCUT2D eigenvalue weighted by Crippen LogP contribution is 2.40. The highest BCUT2D eigenvalue weighted by molar-refractivity contribution is 7.88. The Morgan fingerprint density at radius 3 is 2.27 bits per heavy atom. The molecule has 0 aliphatic carbocycles. The number of halogens is 3. The molecule has 1 unspecified atom stereocenters. The minimum absolute atomic E-state index is 0.150. The van der Waals surface area contributed by atoms with Gasteiger partial charge < -0.3 is 9.64 Å². The predicted molar refractivity (Wildman–Crippen MR) is 135 cm³/mol. The fraction of sp³-hybridized carbons (Fsp3) is 0.435. The van der Waals surface area contributed by atoms with Gasteiger partial charge in [0.1, 0.15) is 0 Å². The number of ether oxygens (including phenoxy) is 1. The van der Waals surface area contributed by atoms with Gasteiger partial charge in [-0.25, -0.2) is 13.1 Å². The summed E-state index contributed by atoms with van der Waals surface area (Å²) < 4.78 is 31.0. The molecule has 0 radical (unpaired) electrons. The molecule has 2 aromatic rings. The van der Waals surface area contributed by atoms with Crippen LogP contribution in [0.3, 0.4) is 0 Å². The summed E-state index contributed by atoms with van der Waals surface area (Å²) in [5, 5.41) is 0.883. The average Bonchev–Trinajstić information content (AvgIpc) is 3.08. The number of sulfonamides is 1. The molecule has 6 nitrogen and oxygen atoms in total. The van der Waals surface area contributed by atoms with Gasteiger partial charge in [-0.2, -0.15) is 0 Å². The summed E-state index contributed by atoms with van der Waals surface area (Å²) in [6.07, 6.45) is 1.75. The highest BCUT2D eigenvalue weighted by atomic mass is 35.5. The van der Waals surface area contributed by atoms with Crippen LogP contribution in [-0.2, 0) is 20.2 Å². The molecule has 1 N–H and O–H groups in total. The minimum atomic E-state index is -3.45. The van der Waals surface area contributed by atoms with Gasteiger partial charge in [0, 0.05) is 23.5 Å². The molecule has 1 aliphatic heterocycles. The number of ketones is 1. The minimum Gasteiger partial charge on any atom is -0.490 e. The number of nitrogens with one attached hydrogen (secondary N) is 1. The van der Waals surface area contributed by atoms with Crippen molar-refractivity contribution in [3.8, 4) is 5.75 Å². The Bertz CT molecular complexity index is 1100. The monoisotopic (exact) mass is 532 g/mol. The Morgan fingerprint density at radius 1 is 1.12 bits per heavy atom. The summed E-state index contributed by atoms with van der Waals surface area (Å²) in [6.45, 7) is 5.04. The summed E-state index contributed by atoms with van der Waals surface area (Å²) in [5.41, 5.74) is 2.41. The SMILES string of the molecule is CC(C)(c1ccc(N2CC(=O)C(NS(C)(=O)=O)C2)cc1)c1cc(Cl)c(OCCCCl)c(Cl)c1. The zero-order chi connectivity index (χ0) is 24.4. The summed E-state index contributed by atoms with van der Waals surface area (Å²) in [6, 6.07) is 10.8. The Morgan fingerprint density at radius 2 is 1.73 bits per heavy atom. The molecule has 1 fully saturated rings. The number of anilines is 1. The average molecular weight is 534 g/mol. The Balaban J connectivity index is 1.78. The van der Waals surface area contributed by atoms with Gasteiger partial charge >= 0.3 is 0 Å². The fourth-order valence-corrected chi connectivity index (χ4v) is 5.21. The number of nitrogens with zero attached hydrogens (tertiary/aromatic N) is 1. The molecule has 1 aliphatic rings. The summed E-state index contributed by atoms with van der Waals surface area (Å²) in [4.78, 5) is 14.1. The maximum absolute atomic E-state index is 12.2. The van der Waals surface area contributed by atoms with E-state index in [0.29, 0.717) is 41.2 Å². The first kappa shape index (κ1) is 26.1. The molecule has 0 amide bonds. The number of carbonyl (C=O) groups excluding carboxylic acids is 1. The van der Waals surface area contributed by atoms with Crippen LogP contribution in [0.15, 0.2) is 36.4 Å². The molecule has 10 heteroatoms. The van der Waals surface area contributed by atoms with Gasteiger partial charge in [0.15, 0.2) is 11.5 Å². The molecule has 1 atom stereocenters. The Kier molecular flexibility index (Phi) is 8.23. The molecule has 1 saturated heterocycles. The highest BCUT2D eigenvalue weighted by Gasteiger charge is 2.33. The van der Waals surface area contributed by atoms with E-state index >= 15 is 0 Å². The van der Waals surface area contributed by atoms with E-state index in [2.05, 4.69) is 18.6 Å². The number of alkyl halides is 1. The number of carbonyl (C=O) groups is 1. The van der Waals surface area contributed by atoms with Crippen LogP contribution in [-0.4, -0.2) is 52.1 Å². The van der Waals surface area contributed by atoms with E-state index < -0.39 is 21.5 Å². The first-order chi connectivity index (χ1) is 15.4. The molecule has 0 spiro atoms. The lowest BCUT2D eigenvalue weighted by Gasteiger charge is -2.28. The van der Waals surface area contributed by atoms with Gasteiger partial charge in [-0.15, -0.1) is 11.6 Å². The van der Waals surface area contributed by atoms with Gasteiger partial charge in [0.2, 0.25) is 10.0 Å². The van der Waals surface area contributed by atoms with E-state index in [1.165, 1.54) is 0 Å². The van der Waals surface area contributed by atoms with Crippen molar-refractivity contribution in [3.05, 3.63) is 57.6 Å². The standard InChI is InChI=1S/C23H27Cl3N2O4S/c1-23(2,16-11-18(25)22(19(26)12-16)32-10-4-9-24)15-5-7-17(8-6-15)28-13-20(21(29)14-28)27-33(3,30)31/h5-8,11-12,20,27H,4,9-10,13-14H2,1-3H3. The van der Waals surface area contributed by atoms with Crippen LogP contribution in [0.4, 0.5) is 5.69 Å². The molecule has 2 aromatic carbocycles. The van der Waals surface area contributed by atoms with Crippen LogP contribution < -0.4 is 14.4 Å². The lowest BCUT2D eigenvalue weighted by atomic mass is 9.78. The quantitative estimate of drug-likeness (QED) is 0.376. The van der Waals surface area contributed by atoms with E-state index in [1.807, 2.05) is 41.3 Å². The third-order valence-corrected chi connectivity index (χ3v) is 7.23. The lowest BCUT2D eigenvalue weighted by molar-refractivity contribution is -0.117. The van der Waals surface area contributed by atoms with Gasteiger partial charge in [0.25, 0.3) is 0 Å². The summed E-state index contributed by atoms with van der Waals surface area (Å²) in [7, 11) is -3.45. The van der Waals surface area contributed by atoms with Crippen molar-refractivity contribution in [1.29, 1.82) is 0 Å². The van der Waals surface area contributed by atoms with Crippen LogP contribution in [0.1, 0.15) is 31.4 Å². The fourth-order valence-electron chi connectivity index (χ4n) is 3.79. The number of rotatable bonds is 9. The van der Waals surface area contributed by atoms with Crippen molar-refractivity contribution in [2.24, 2.45) is 0 Å². The van der Waals surface area contributed by atoms with Crippen LogP contribution in [0.25, 0.3) is 0 Å². The first-order valence-electron chi connectivity index (χ1n) is 10.5. The van der Waals surface area contributed by atoms with Gasteiger partial charge in [-0.3, -0.25) is 4.79 Å². The van der Waals surface area contributed by atoms with Crippen LogP contribution >= 0.6 is 34.8 Å². The lowest BCUT2D eigenvalue weighted by Crippen LogP contribution is -2.40. The number of Topliss-reactive ketones (excluding diaryl/α,β-unsaturated/α-hetero) is 1. The van der Waals surface area contributed by atoms with Gasteiger partial charge in [-0.05, 0) is 41.8 Å². The van der Waals surface area contributed by atoms with Crippen molar-refractivity contribution < 1.29 is 17.9 Å². The topological polar surface area (TPSA) is 75.7 Å². The van der Waals surface area contributed by atoms with Crippen LogP contribution in [0.2, 0.25) is 10.0 Å². The van der Waals surface area contributed by atoms with E-state index in [9.17, 15) is 13.2 Å². The summed E-state index contributed by atoms with van der Waals surface area (Å²) >= 11 is 18.6. The first-order valence-corrected chi connectivity index (χ1v) is 13.6. The Labute approximate surface area is 210 Å². The van der Waals surface area contributed by atoms with E-state index in [-0.39, 0.29) is 12.3 Å². The molecule has 0 saturated carbocycles. The van der Waals surface area contributed by atoms with Gasteiger partial charge in [-0.1, -0.05) is 49.2 Å². The van der Waals surface area contributed by atoms with Crippen LogP contribution in [0.5, 0.6) is 5.75 Å². The zero-order valence-electron chi connectivity index (χ0n) is 18.7. The maximum Gasteiger partial charge on any atom is 0.209 e. The van der Waals surface area contributed by atoms with Crippen LogP contribution in [0, 0.1) is 0 Å². The van der Waals surface area contributed by atoms with Crippen molar-refractivity contribution >= 4 is 56.3 Å². The zero-order valence-corrected chi connectivity index (χ0v) is 21.8. The molecule has 3 rings (SSSR count). The molecular weight excluding hydrogens is 507 g/mol. The Hall–Kier alpha value is -1.51. The second kappa shape index (κ2) is 10.4. The summed E-state index contributed by atoms with van der Waals surface area (Å²) in [5.74, 6) is 0.799. The van der Waals surface area contributed by atoms with Crippen molar-refractivity contribution in [3.63, 3.8) is 0 Å². The smallest absolute Gasteiger partial charge is 0.209 e. The van der Waals surface area contributed by atoms with E-state index in [4.69, 9.17) is 39.5 Å². The molecule has 0 bridgehead atoms. The predicted octanol–water partition coefficient (Wildman–Crippen LogP) is 4.63. The maximum atomic E-state index is 12.2. The number of hydrogen-bond acceptors (Lipinski definition) is 5. The van der Waals surface area contributed by atoms with Crippen molar-refractivity contribution in [2.75, 3.05) is 36.7 Å². The van der Waals surface area contributed by atoms with Crippen molar-refractivity contribution in [1.82, 2.24) is 4.72 Å². The second-order valence-electron chi connectivity index (χ2n) is 8.62. The second-order valence-corrected chi connectivity index (χ2v) is 11.6. The largest absolute Gasteiger partial charge is 0.490 e. The number of hydrogen-bond donors (Lipinski definition) is 1. The third kappa shape index (κ3) is 6.34. The normalized spacial score (nSPS) is 17.0. The van der Waals surface area contributed by atoms with E-state index in [0.717, 1.165) is 23.1 Å². The molecular formula is C23H27Cl3N2O4S. The molecule has 33 heavy (non-hydrogen) atoms. The third-order valence-electron chi connectivity index (χ3n) is 5.69. The molecule has 180 valence electrons. The molecule has 0 aromatic heterocycles. The van der Waals surface area contributed by atoms with Gasteiger partial charge in [0.05, 0.1) is 35.5 Å².